The van der Waals surface area contributed by atoms with Crippen LogP contribution >= 0.6 is 11.6 Å². The molecular weight excluding hydrogens is 490 g/mol. The van der Waals surface area contributed by atoms with Gasteiger partial charge in [-0.15, -0.1) is 0 Å². The summed E-state index contributed by atoms with van der Waals surface area (Å²) in [5.74, 6) is -2.51. The third-order valence-electron chi connectivity index (χ3n) is 5.11. The van der Waals surface area contributed by atoms with Crippen molar-refractivity contribution in [2.75, 3.05) is 25.0 Å². The molecule has 0 spiro atoms. The van der Waals surface area contributed by atoms with Crippen molar-refractivity contribution in [3.63, 3.8) is 0 Å². The summed E-state index contributed by atoms with van der Waals surface area (Å²) in [6.07, 6.45) is 0.411. The number of amides is 1. The van der Waals surface area contributed by atoms with Crippen LogP contribution in [0.25, 0.3) is 11.1 Å². The first-order valence-corrected chi connectivity index (χ1v) is 12.0. The number of nitrogens with one attached hydrogen (secondary N) is 2. The molecule has 0 saturated heterocycles. The molecule has 0 fully saturated rings. The van der Waals surface area contributed by atoms with E-state index in [0.29, 0.717) is 23.8 Å². The van der Waals surface area contributed by atoms with Crippen molar-refractivity contribution in [1.82, 2.24) is 5.32 Å². The van der Waals surface area contributed by atoms with Crippen molar-refractivity contribution in [1.29, 1.82) is 0 Å². The fourth-order valence-corrected chi connectivity index (χ4v) is 5.13. The molecule has 0 unspecified atom stereocenters. The van der Waals surface area contributed by atoms with Crippen LogP contribution in [-0.2, 0) is 10.0 Å². The lowest BCUT2D eigenvalue weighted by Crippen LogP contribution is -2.26. The molecule has 178 valence electrons. The van der Waals surface area contributed by atoms with E-state index in [9.17, 15) is 22.0 Å². The molecule has 3 aromatic carbocycles. The van der Waals surface area contributed by atoms with E-state index in [1.807, 2.05) is 0 Å². The van der Waals surface area contributed by atoms with Gasteiger partial charge in [-0.25, -0.2) is 17.2 Å². The lowest BCUT2D eigenvalue weighted by molar-refractivity contribution is 0.0951. The molecule has 11 heteroatoms. The summed E-state index contributed by atoms with van der Waals surface area (Å²) < 4.78 is 68.8. The Morgan fingerprint density at radius 3 is 2.59 bits per heavy atom. The monoisotopic (exact) mass is 508 g/mol. The Kier molecular flexibility index (Phi) is 6.63. The Morgan fingerprint density at radius 2 is 1.82 bits per heavy atom. The van der Waals surface area contributed by atoms with Gasteiger partial charge in [0.15, 0.2) is 5.75 Å². The minimum Gasteiger partial charge on any atom is -0.494 e. The Balaban J connectivity index is 1.92. The number of carbonyl (C=O) groups is 1. The van der Waals surface area contributed by atoms with E-state index in [2.05, 4.69) is 10.0 Å². The van der Waals surface area contributed by atoms with Gasteiger partial charge in [0.25, 0.3) is 15.9 Å². The molecule has 1 aliphatic rings. The molecule has 1 amide bonds. The fourth-order valence-electron chi connectivity index (χ4n) is 3.50. The molecule has 2 N–H and O–H groups in total. The average Bonchev–Trinajstić information content (AvgIpc) is 2.79. The highest BCUT2D eigenvalue weighted by Crippen LogP contribution is 2.37. The molecule has 4 rings (SSSR count). The molecule has 0 atom stereocenters. The van der Waals surface area contributed by atoms with Gasteiger partial charge < -0.3 is 14.8 Å². The van der Waals surface area contributed by atoms with Crippen LogP contribution in [0.1, 0.15) is 16.8 Å². The van der Waals surface area contributed by atoms with Gasteiger partial charge in [-0.3, -0.25) is 9.52 Å². The molecule has 0 saturated carbocycles. The zero-order chi connectivity index (χ0) is 24.5. The molecule has 34 heavy (non-hydrogen) atoms. The highest BCUT2D eigenvalue weighted by atomic mass is 35.5. The van der Waals surface area contributed by atoms with E-state index in [1.54, 1.807) is 24.3 Å². The number of carbonyl (C=O) groups excluding carboxylic acids is 1. The summed E-state index contributed by atoms with van der Waals surface area (Å²) >= 11 is 6.17. The van der Waals surface area contributed by atoms with Gasteiger partial charge in [-0.2, -0.15) is 0 Å². The van der Waals surface area contributed by atoms with Crippen LogP contribution in [0.4, 0.5) is 14.5 Å². The zero-order valence-electron chi connectivity index (χ0n) is 17.8. The second-order valence-corrected chi connectivity index (χ2v) is 9.42. The van der Waals surface area contributed by atoms with E-state index < -0.39 is 38.1 Å². The van der Waals surface area contributed by atoms with E-state index >= 15 is 0 Å². The first-order valence-electron chi connectivity index (χ1n) is 10.1. The highest BCUT2D eigenvalue weighted by Gasteiger charge is 2.27. The van der Waals surface area contributed by atoms with Crippen LogP contribution < -0.4 is 19.5 Å². The van der Waals surface area contributed by atoms with E-state index in [1.165, 1.54) is 13.2 Å². The maximum absolute atomic E-state index is 14.8. The average molecular weight is 509 g/mol. The second-order valence-electron chi connectivity index (χ2n) is 7.36. The number of hydrogen-bond donors (Lipinski definition) is 2. The fraction of sp³-hybridized carbons (Fsp3) is 0.174. The minimum atomic E-state index is -4.52. The molecule has 7 nitrogen and oxygen atoms in total. The standard InChI is InChI=1S/C23H19ClF2N2O5S/c1-32-22-16(24)9-13-10-21(22)34(30,31)28-19-11-15(17(25)12-18(19)26)14-5-2-3-6-20(14)33-8-4-7-27-23(13)29/h2-3,5-6,9-12,28H,4,7-8H2,1H3,(H,27,29). The summed E-state index contributed by atoms with van der Waals surface area (Å²) in [7, 11) is -3.31. The summed E-state index contributed by atoms with van der Waals surface area (Å²) in [5.41, 5.74) is -0.302. The minimum absolute atomic E-state index is 0.0372. The van der Waals surface area contributed by atoms with Gasteiger partial charge in [-0.1, -0.05) is 29.8 Å². The molecule has 0 radical (unpaired) electrons. The van der Waals surface area contributed by atoms with Crippen LogP contribution in [0.5, 0.6) is 11.5 Å². The zero-order valence-corrected chi connectivity index (χ0v) is 19.4. The summed E-state index contributed by atoms with van der Waals surface area (Å²) in [6.45, 7) is 0.425. The third-order valence-corrected chi connectivity index (χ3v) is 6.76. The predicted molar refractivity (Wildman–Crippen MR) is 123 cm³/mol. The van der Waals surface area contributed by atoms with Crippen LogP contribution in [0.3, 0.4) is 0 Å². The molecule has 0 aromatic heterocycles. The van der Waals surface area contributed by atoms with Gasteiger partial charge in [-0.05, 0) is 30.7 Å². The van der Waals surface area contributed by atoms with Crippen molar-refractivity contribution >= 4 is 33.2 Å². The number of rotatable bonds is 1. The molecule has 0 aliphatic carbocycles. The Labute approximate surface area is 199 Å². The number of ether oxygens (including phenoxy) is 2. The van der Waals surface area contributed by atoms with Gasteiger partial charge >= 0.3 is 0 Å². The normalized spacial score (nSPS) is 15.4. The van der Waals surface area contributed by atoms with Gasteiger partial charge in [0.1, 0.15) is 22.3 Å². The molecule has 1 aliphatic heterocycles. The smallest absolute Gasteiger partial charge is 0.265 e. The lowest BCUT2D eigenvalue weighted by atomic mass is 10.0. The number of anilines is 1. The molecule has 3 aromatic rings. The van der Waals surface area contributed by atoms with Gasteiger partial charge in [0.2, 0.25) is 0 Å². The topological polar surface area (TPSA) is 93.7 Å². The summed E-state index contributed by atoms with van der Waals surface area (Å²) in [5, 5.41) is 2.53. The predicted octanol–water partition coefficient (Wildman–Crippen LogP) is 4.61. The van der Waals surface area contributed by atoms with Gasteiger partial charge in [0.05, 0.1) is 24.4 Å². The van der Waals surface area contributed by atoms with E-state index in [-0.39, 0.29) is 35.1 Å². The largest absolute Gasteiger partial charge is 0.494 e. The molecule has 1 heterocycles. The molecule has 4 bridgehead atoms. The Hall–Kier alpha value is -3.37. The van der Waals surface area contributed by atoms with Gasteiger partial charge in [0, 0.05) is 29.3 Å². The number of benzene rings is 3. The quantitative estimate of drug-likeness (QED) is 0.501. The van der Waals surface area contributed by atoms with Crippen LogP contribution in [0.15, 0.2) is 53.4 Å². The number of hydrogen-bond acceptors (Lipinski definition) is 5. The Morgan fingerprint density at radius 1 is 1.06 bits per heavy atom. The first kappa shape index (κ1) is 23.8. The molecular formula is C23H19ClF2N2O5S. The lowest BCUT2D eigenvalue weighted by Gasteiger charge is -2.17. The van der Waals surface area contributed by atoms with Crippen LogP contribution in [0, 0.1) is 11.6 Å². The van der Waals surface area contributed by atoms with E-state index in [4.69, 9.17) is 21.1 Å². The maximum atomic E-state index is 14.8. The summed E-state index contributed by atoms with van der Waals surface area (Å²) in [4.78, 5) is 12.1. The SMILES string of the molecule is COc1c(Cl)cc2cc1S(=O)(=O)Nc1cc(c(F)cc1F)-c1ccccc1OCCCNC2=O. The number of halogens is 3. The second kappa shape index (κ2) is 9.47. The number of methoxy groups -OCH3 is 1. The summed E-state index contributed by atoms with van der Waals surface area (Å²) in [6, 6.07) is 10.5. The van der Waals surface area contributed by atoms with Crippen molar-refractivity contribution in [2.24, 2.45) is 0 Å². The Bertz CT molecular complexity index is 1380. The third kappa shape index (κ3) is 4.64. The number of para-hydroxylation sites is 1. The van der Waals surface area contributed by atoms with Crippen LogP contribution in [-0.4, -0.2) is 34.6 Å². The van der Waals surface area contributed by atoms with Crippen molar-refractivity contribution < 1.29 is 31.5 Å². The number of fused-ring (bicyclic) bond motifs is 6. The van der Waals surface area contributed by atoms with E-state index in [0.717, 1.165) is 12.1 Å². The van der Waals surface area contributed by atoms with Crippen molar-refractivity contribution in [2.45, 2.75) is 11.3 Å². The number of sulfonamides is 1. The van der Waals surface area contributed by atoms with Crippen molar-refractivity contribution in [3.05, 3.63) is 70.8 Å². The first-order chi connectivity index (χ1) is 16.2. The van der Waals surface area contributed by atoms with Crippen LogP contribution in [0.2, 0.25) is 5.02 Å². The van der Waals surface area contributed by atoms with Crippen molar-refractivity contribution in [3.8, 4) is 22.6 Å². The maximum Gasteiger partial charge on any atom is 0.265 e. The highest BCUT2D eigenvalue weighted by molar-refractivity contribution is 7.92.